The lowest BCUT2D eigenvalue weighted by Crippen LogP contribution is -2.16. The predicted molar refractivity (Wildman–Crippen MR) is 106 cm³/mol. The van der Waals surface area contributed by atoms with Crippen LogP contribution in [0.5, 0.6) is 0 Å². The number of hydrogen-bond acceptors (Lipinski definition) is 4. The molecule has 4 nitrogen and oxygen atoms in total. The highest BCUT2D eigenvalue weighted by atomic mass is 16.5. The molecular formula is C23H23NO3. The Morgan fingerprint density at radius 3 is 2.33 bits per heavy atom. The monoisotopic (exact) mass is 361 g/mol. The number of aromatic nitrogens is 1. The Kier molecular flexibility index (Phi) is 5.65. The van der Waals surface area contributed by atoms with Gasteiger partial charge in [-0.15, -0.1) is 0 Å². The van der Waals surface area contributed by atoms with Crippen molar-refractivity contribution in [2.75, 3.05) is 6.61 Å². The number of Topliss-reactive ketones (excluding diaryl/α,β-unsaturated/α-hetero) is 1. The van der Waals surface area contributed by atoms with Crippen LogP contribution in [0.4, 0.5) is 0 Å². The topological polar surface area (TPSA) is 56.3 Å². The van der Waals surface area contributed by atoms with Crippen LogP contribution in [0.25, 0.3) is 10.9 Å². The van der Waals surface area contributed by atoms with Crippen LogP contribution in [0, 0.1) is 6.92 Å². The molecule has 0 unspecified atom stereocenters. The second-order valence-electron chi connectivity index (χ2n) is 6.48. The van der Waals surface area contributed by atoms with Crippen LogP contribution in [0.3, 0.4) is 0 Å². The Hall–Kier alpha value is -3.01. The van der Waals surface area contributed by atoms with Gasteiger partial charge in [0.2, 0.25) is 0 Å². The molecule has 3 rings (SSSR count). The van der Waals surface area contributed by atoms with Gasteiger partial charge in [0.25, 0.3) is 0 Å². The number of carbonyl (C=O) groups is 2. The van der Waals surface area contributed by atoms with Crippen molar-refractivity contribution in [1.29, 1.82) is 0 Å². The van der Waals surface area contributed by atoms with E-state index in [1.807, 2.05) is 50.2 Å². The van der Waals surface area contributed by atoms with E-state index in [0.29, 0.717) is 11.1 Å². The van der Waals surface area contributed by atoms with Gasteiger partial charge in [-0.25, -0.2) is 4.79 Å². The molecule has 138 valence electrons. The molecule has 27 heavy (non-hydrogen) atoms. The van der Waals surface area contributed by atoms with E-state index in [2.05, 4.69) is 11.9 Å². The predicted octanol–water partition coefficient (Wildman–Crippen LogP) is 4.71. The lowest BCUT2D eigenvalue weighted by molar-refractivity contribution is 0.0476. The van der Waals surface area contributed by atoms with Crippen LogP contribution < -0.4 is 0 Å². The SMILES string of the molecule is CCc1ccc(C(=O)COC(=O)c2c(C)c(CC)nc3ccccc23)cc1. The first-order chi connectivity index (χ1) is 13.0. The molecule has 0 N–H and O–H groups in total. The maximum atomic E-state index is 12.8. The highest BCUT2D eigenvalue weighted by molar-refractivity contribution is 6.06. The fourth-order valence-corrected chi connectivity index (χ4v) is 3.18. The molecule has 0 radical (unpaired) electrons. The van der Waals surface area contributed by atoms with Gasteiger partial charge in [0.05, 0.1) is 11.1 Å². The third kappa shape index (κ3) is 3.90. The Bertz CT molecular complexity index is 990. The summed E-state index contributed by atoms with van der Waals surface area (Å²) in [5, 5.41) is 0.747. The number of rotatable bonds is 6. The van der Waals surface area contributed by atoms with Crippen molar-refractivity contribution >= 4 is 22.7 Å². The first-order valence-electron chi connectivity index (χ1n) is 9.22. The van der Waals surface area contributed by atoms with Gasteiger partial charge in [0, 0.05) is 16.6 Å². The number of pyridine rings is 1. The zero-order chi connectivity index (χ0) is 19.4. The lowest BCUT2D eigenvalue weighted by atomic mass is 10.0. The molecule has 0 spiro atoms. The molecule has 1 aromatic heterocycles. The molecule has 0 aliphatic heterocycles. The number of hydrogen-bond donors (Lipinski definition) is 0. The van der Waals surface area contributed by atoms with Gasteiger partial charge in [0.15, 0.2) is 12.4 Å². The number of para-hydroxylation sites is 1. The van der Waals surface area contributed by atoms with Crippen LogP contribution in [0.2, 0.25) is 0 Å². The molecule has 0 saturated heterocycles. The average molecular weight is 361 g/mol. The van der Waals surface area contributed by atoms with Gasteiger partial charge in [-0.05, 0) is 37.0 Å². The molecule has 1 heterocycles. The van der Waals surface area contributed by atoms with Gasteiger partial charge in [-0.1, -0.05) is 56.3 Å². The van der Waals surface area contributed by atoms with Crippen molar-refractivity contribution in [3.05, 3.63) is 76.5 Å². The number of esters is 1. The maximum absolute atomic E-state index is 12.8. The number of carbonyl (C=O) groups excluding carboxylic acids is 2. The molecule has 0 bridgehead atoms. The number of ether oxygens (including phenoxy) is 1. The minimum atomic E-state index is -0.487. The summed E-state index contributed by atoms with van der Waals surface area (Å²) in [5.41, 5.74) is 4.63. The van der Waals surface area contributed by atoms with Crippen LogP contribution in [0.1, 0.15) is 51.4 Å². The third-order valence-electron chi connectivity index (χ3n) is 4.79. The zero-order valence-electron chi connectivity index (χ0n) is 15.9. The zero-order valence-corrected chi connectivity index (χ0v) is 15.9. The van der Waals surface area contributed by atoms with E-state index < -0.39 is 5.97 Å². The van der Waals surface area contributed by atoms with Gasteiger partial charge in [0.1, 0.15) is 0 Å². The van der Waals surface area contributed by atoms with Crippen molar-refractivity contribution < 1.29 is 14.3 Å². The fraction of sp³-hybridized carbons (Fsp3) is 0.261. The van der Waals surface area contributed by atoms with E-state index in [-0.39, 0.29) is 12.4 Å². The molecule has 0 amide bonds. The molecule has 0 saturated carbocycles. The summed E-state index contributed by atoms with van der Waals surface area (Å²) in [7, 11) is 0. The van der Waals surface area contributed by atoms with Gasteiger partial charge in [-0.2, -0.15) is 0 Å². The second kappa shape index (κ2) is 8.12. The number of benzene rings is 2. The first kappa shape index (κ1) is 18.8. The molecular weight excluding hydrogens is 338 g/mol. The van der Waals surface area contributed by atoms with Crippen molar-refractivity contribution in [1.82, 2.24) is 4.98 Å². The summed E-state index contributed by atoms with van der Waals surface area (Å²) < 4.78 is 5.37. The molecule has 3 aromatic rings. The summed E-state index contributed by atoms with van der Waals surface area (Å²) in [6, 6.07) is 14.9. The second-order valence-corrected chi connectivity index (χ2v) is 6.48. The fourth-order valence-electron chi connectivity index (χ4n) is 3.18. The summed E-state index contributed by atoms with van der Waals surface area (Å²) in [6.45, 7) is 5.66. The smallest absolute Gasteiger partial charge is 0.339 e. The normalized spacial score (nSPS) is 10.8. The Balaban J connectivity index is 1.83. The van der Waals surface area contributed by atoms with E-state index in [1.165, 1.54) is 0 Å². The van der Waals surface area contributed by atoms with Crippen LogP contribution in [0.15, 0.2) is 48.5 Å². The highest BCUT2D eigenvalue weighted by Crippen LogP contribution is 2.24. The molecule has 0 aliphatic rings. The van der Waals surface area contributed by atoms with Crippen LogP contribution in [-0.2, 0) is 17.6 Å². The molecule has 2 aromatic carbocycles. The number of nitrogens with zero attached hydrogens (tertiary/aromatic N) is 1. The van der Waals surface area contributed by atoms with Crippen molar-refractivity contribution in [3.63, 3.8) is 0 Å². The quantitative estimate of drug-likeness (QED) is 0.471. The molecule has 0 fully saturated rings. The van der Waals surface area contributed by atoms with E-state index in [4.69, 9.17) is 4.74 Å². The van der Waals surface area contributed by atoms with Crippen LogP contribution >= 0.6 is 0 Å². The summed E-state index contributed by atoms with van der Waals surface area (Å²) >= 11 is 0. The summed E-state index contributed by atoms with van der Waals surface area (Å²) in [6.07, 6.45) is 1.64. The first-order valence-corrected chi connectivity index (χ1v) is 9.22. The standard InChI is InChI=1S/C23H23NO3/c1-4-16-10-12-17(13-11-16)21(25)14-27-23(26)22-15(3)19(5-2)24-20-9-7-6-8-18(20)22/h6-13H,4-5,14H2,1-3H3. The van der Waals surface area contributed by atoms with Gasteiger partial charge < -0.3 is 4.74 Å². The van der Waals surface area contributed by atoms with Gasteiger partial charge in [-0.3, -0.25) is 9.78 Å². The number of aryl methyl sites for hydroxylation is 2. The van der Waals surface area contributed by atoms with E-state index in [1.54, 1.807) is 12.1 Å². The highest BCUT2D eigenvalue weighted by Gasteiger charge is 2.19. The van der Waals surface area contributed by atoms with E-state index >= 15 is 0 Å². The largest absolute Gasteiger partial charge is 0.454 e. The van der Waals surface area contributed by atoms with E-state index in [9.17, 15) is 9.59 Å². The Morgan fingerprint density at radius 2 is 1.67 bits per heavy atom. The van der Waals surface area contributed by atoms with Crippen molar-refractivity contribution in [3.8, 4) is 0 Å². The minimum absolute atomic E-state index is 0.210. The Morgan fingerprint density at radius 1 is 0.963 bits per heavy atom. The Labute approximate surface area is 159 Å². The maximum Gasteiger partial charge on any atom is 0.339 e. The average Bonchev–Trinajstić information content (AvgIpc) is 2.71. The van der Waals surface area contributed by atoms with Crippen molar-refractivity contribution in [2.24, 2.45) is 0 Å². The van der Waals surface area contributed by atoms with Gasteiger partial charge >= 0.3 is 5.97 Å². The molecule has 4 heteroatoms. The minimum Gasteiger partial charge on any atom is -0.454 e. The molecule has 0 atom stereocenters. The lowest BCUT2D eigenvalue weighted by Gasteiger charge is -2.13. The third-order valence-corrected chi connectivity index (χ3v) is 4.79. The summed E-state index contributed by atoms with van der Waals surface area (Å²) in [5.74, 6) is -0.697. The van der Waals surface area contributed by atoms with E-state index in [0.717, 1.165) is 40.6 Å². The number of ketones is 1. The van der Waals surface area contributed by atoms with Crippen molar-refractivity contribution in [2.45, 2.75) is 33.6 Å². The number of fused-ring (bicyclic) bond motifs is 1. The summed E-state index contributed by atoms with van der Waals surface area (Å²) in [4.78, 5) is 29.8. The molecule has 0 aliphatic carbocycles. The van der Waals surface area contributed by atoms with Crippen LogP contribution in [-0.4, -0.2) is 23.3 Å².